The van der Waals surface area contributed by atoms with Crippen LogP contribution < -0.4 is 0 Å². The van der Waals surface area contributed by atoms with Crippen molar-refractivity contribution in [3.05, 3.63) is 71.8 Å². The van der Waals surface area contributed by atoms with Crippen LogP contribution in [0.15, 0.2) is 60.7 Å². The fourth-order valence-electron chi connectivity index (χ4n) is 3.51. The molecular weight excluding hydrogens is 380 g/mol. The predicted octanol–water partition coefficient (Wildman–Crippen LogP) is 2.87. The van der Waals surface area contributed by atoms with Crippen LogP contribution in [0.3, 0.4) is 0 Å². The van der Waals surface area contributed by atoms with Gasteiger partial charge in [-0.15, -0.1) is 0 Å². The van der Waals surface area contributed by atoms with Crippen molar-refractivity contribution in [3.63, 3.8) is 0 Å². The molecule has 30 heavy (non-hydrogen) atoms. The third-order valence-electron chi connectivity index (χ3n) is 5.25. The molecule has 6 nitrogen and oxygen atoms in total. The van der Waals surface area contributed by atoms with Crippen LogP contribution in [0.5, 0.6) is 0 Å². The van der Waals surface area contributed by atoms with Crippen molar-refractivity contribution in [2.75, 3.05) is 26.2 Å². The second kappa shape index (κ2) is 10.9. The van der Waals surface area contributed by atoms with E-state index in [0.717, 1.165) is 24.2 Å². The Kier molecular flexibility index (Phi) is 7.99. The molecule has 1 saturated heterocycles. The van der Waals surface area contributed by atoms with Gasteiger partial charge in [0.05, 0.1) is 6.61 Å². The van der Waals surface area contributed by atoms with Crippen molar-refractivity contribution in [2.24, 2.45) is 0 Å². The summed E-state index contributed by atoms with van der Waals surface area (Å²) in [5.74, 6) is -0.701. The van der Waals surface area contributed by atoms with E-state index in [1.807, 2.05) is 67.6 Å². The number of benzene rings is 2. The van der Waals surface area contributed by atoms with E-state index in [-0.39, 0.29) is 5.91 Å². The SMILES string of the molecule is CCN1CCO[C@H](C(=O)O[C@H](C)C(=O)N(Cc2ccccc2)Cc2ccccc2)C1. The first-order valence-electron chi connectivity index (χ1n) is 10.5. The summed E-state index contributed by atoms with van der Waals surface area (Å²) in [6.45, 7) is 7.20. The van der Waals surface area contributed by atoms with Gasteiger partial charge in [0.2, 0.25) is 0 Å². The third kappa shape index (κ3) is 6.15. The molecule has 1 heterocycles. The number of likely N-dealkylation sites (N-methyl/N-ethyl adjacent to an activating group) is 1. The van der Waals surface area contributed by atoms with E-state index < -0.39 is 18.2 Å². The van der Waals surface area contributed by atoms with E-state index in [1.165, 1.54) is 0 Å². The van der Waals surface area contributed by atoms with E-state index in [2.05, 4.69) is 4.90 Å². The zero-order valence-electron chi connectivity index (χ0n) is 17.7. The second-order valence-electron chi connectivity index (χ2n) is 7.50. The van der Waals surface area contributed by atoms with E-state index in [1.54, 1.807) is 11.8 Å². The monoisotopic (exact) mass is 410 g/mol. The number of hydrogen-bond donors (Lipinski definition) is 0. The van der Waals surface area contributed by atoms with Crippen LogP contribution in [-0.2, 0) is 32.2 Å². The van der Waals surface area contributed by atoms with Crippen LogP contribution in [-0.4, -0.2) is 60.1 Å². The zero-order valence-corrected chi connectivity index (χ0v) is 17.7. The van der Waals surface area contributed by atoms with Gasteiger partial charge in [0.15, 0.2) is 12.2 Å². The minimum Gasteiger partial charge on any atom is -0.451 e. The Morgan fingerprint density at radius 3 is 2.17 bits per heavy atom. The maximum Gasteiger partial charge on any atom is 0.337 e. The Morgan fingerprint density at radius 1 is 1.07 bits per heavy atom. The van der Waals surface area contributed by atoms with Gasteiger partial charge in [-0.05, 0) is 24.6 Å². The maximum atomic E-state index is 13.2. The molecule has 0 spiro atoms. The van der Waals surface area contributed by atoms with Crippen molar-refractivity contribution in [1.82, 2.24) is 9.80 Å². The van der Waals surface area contributed by atoms with Gasteiger partial charge >= 0.3 is 5.97 Å². The number of carbonyl (C=O) groups excluding carboxylic acids is 2. The summed E-state index contributed by atoms with van der Waals surface area (Å²) in [5.41, 5.74) is 2.05. The largest absolute Gasteiger partial charge is 0.451 e. The van der Waals surface area contributed by atoms with Crippen LogP contribution >= 0.6 is 0 Å². The lowest BCUT2D eigenvalue weighted by molar-refractivity contribution is -0.173. The second-order valence-corrected chi connectivity index (χ2v) is 7.50. The van der Waals surface area contributed by atoms with Crippen molar-refractivity contribution >= 4 is 11.9 Å². The lowest BCUT2D eigenvalue weighted by Crippen LogP contribution is -2.48. The first kappa shape index (κ1) is 22.0. The summed E-state index contributed by atoms with van der Waals surface area (Å²) >= 11 is 0. The minimum absolute atomic E-state index is 0.223. The molecule has 0 unspecified atom stereocenters. The molecule has 160 valence electrons. The number of nitrogens with zero attached hydrogens (tertiary/aromatic N) is 2. The van der Waals surface area contributed by atoms with Gasteiger partial charge in [-0.3, -0.25) is 9.69 Å². The highest BCUT2D eigenvalue weighted by atomic mass is 16.6. The third-order valence-corrected chi connectivity index (χ3v) is 5.25. The Balaban J connectivity index is 1.67. The summed E-state index contributed by atoms with van der Waals surface area (Å²) in [7, 11) is 0. The van der Waals surface area contributed by atoms with Crippen LogP contribution in [0.1, 0.15) is 25.0 Å². The van der Waals surface area contributed by atoms with Crippen LogP contribution in [0.4, 0.5) is 0 Å². The number of esters is 1. The van der Waals surface area contributed by atoms with Gasteiger partial charge in [0.1, 0.15) is 0 Å². The summed E-state index contributed by atoms with van der Waals surface area (Å²) in [4.78, 5) is 29.6. The predicted molar refractivity (Wildman–Crippen MR) is 115 cm³/mol. The van der Waals surface area contributed by atoms with Gasteiger partial charge < -0.3 is 14.4 Å². The molecule has 1 aliphatic rings. The quantitative estimate of drug-likeness (QED) is 0.627. The van der Waals surface area contributed by atoms with Crippen LogP contribution in [0.2, 0.25) is 0 Å². The Bertz CT molecular complexity index is 771. The van der Waals surface area contributed by atoms with Gasteiger partial charge in [-0.1, -0.05) is 67.6 Å². The van der Waals surface area contributed by atoms with Crippen LogP contribution in [0.25, 0.3) is 0 Å². The fourth-order valence-corrected chi connectivity index (χ4v) is 3.51. The van der Waals surface area contributed by atoms with Gasteiger partial charge in [0.25, 0.3) is 5.91 Å². The summed E-state index contributed by atoms with van der Waals surface area (Å²) < 4.78 is 11.1. The van der Waals surface area contributed by atoms with E-state index >= 15 is 0 Å². The molecule has 0 aliphatic carbocycles. The van der Waals surface area contributed by atoms with Crippen molar-refractivity contribution in [2.45, 2.75) is 39.1 Å². The highest BCUT2D eigenvalue weighted by molar-refractivity contribution is 5.84. The molecule has 3 rings (SSSR count). The first-order valence-corrected chi connectivity index (χ1v) is 10.5. The number of amides is 1. The Morgan fingerprint density at radius 2 is 1.63 bits per heavy atom. The standard InChI is InChI=1S/C24H30N2O4/c1-3-25-14-15-29-22(18-25)24(28)30-19(2)23(27)26(16-20-10-6-4-7-11-20)17-21-12-8-5-9-13-21/h4-13,19,22H,3,14-18H2,1-2H3/t19-,22+/m1/s1. The smallest absolute Gasteiger partial charge is 0.337 e. The minimum atomic E-state index is -0.884. The molecule has 1 aliphatic heterocycles. The number of morpholine rings is 1. The molecular formula is C24H30N2O4. The average Bonchev–Trinajstić information content (AvgIpc) is 2.79. The molecule has 0 radical (unpaired) electrons. The van der Waals surface area contributed by atoms with Crippen LogP contribution in [0, 0.1) is 0 Å². The summed E-state index contributed by atoms with van der Waals surface area (Å²) in [6.07, 6.45) is -1.53. The topological polar surface area (TPSA) is 59.1 Å². The van der Waals surface area contributed by atoms with Gasteiger partial charge in [-0.25, -0.2) is 4.79 Å². The molecule has 0 saturated carbocycles. The molecule has 2 aromatic carbocycles. The fraction of sp³-hybridized carbons (Fsp3) is 0.417. The number of ether oxygens (including phenoxy) is 2. The van der Waals surface area contributed by atoms with Gasteiger partial charge in [-0.2, -0.15) is 0 Å². The zero-order chi connectivity index (χ0) is 21.3. The Hall–Kier alpha value is -2.70. The lowest BCUT2D eigenvalue weighted by Gasteiger charge is -2.32. The highest BCUT2D eigenvalue weighted by Gasteiger charge is 2.31. The molecule has 2 aromatic rings. The summed E-state index contributed by atoms with van der Waals surface area (Å²) in [6, 6.07) is 19.6. The number of hydrogen-bond acceptors (Lipinski definition) is 5. The number of rotatable bonds is 8. The average molecular weight is 411 g/mol. The van der Waals surface area contributed by atoms with E-state index in [9.17, 15) is 9.59 Å². The molecule has 2 atom stereocenters. The molecule has 0 aromatic heterocycles. The molecule has 0 bridgehead atoms. The van der Waals surface area contributed by atoms with Crippen molar-refractivity contribution < 1.29 is 19.1 Å². The first-order chi connectivity index (χ1) is 14.6. The highest BCUT2D eigenvalue weighted by Crippen LogP contribution is 2.14. The Labute approximate surface area is 178 Å². The maximum absolute atomic E-state index is 13.2. The van der Waals surface area contributed by atoms with E-state index in [4.69, 9.17) is 9.47 Å². The lowest BCUT2D eigenvalue weighted by atomic mass is 10.1. The normalized spacial score (nSPS) is 17.9. The van der Waals surface area contributed by atoms with Gasteiger partial charge in [0, 0.05) is 26.2 Å². The molecule has 1 amide bonds. The molecule has 0 N–H and O–H groups in total. The molecule has 1 fully saturated rings. The van der Waals surface area contributed by atoms with Crippen molar-refractivity contribution in [3.8, 4) is 0 Å². The summed E-state index contributed by atoms with van der Waals surface area (Å²) in [5, 5.41) is 0. The van der Waals surface area contributed by atoms with E-state index in [0.29, 0.717) is 26.2 Å². The molecule has 6 heteroatoms. The number of carbonyl (C=O) groups is 2. The van der Waals surface area contributed by atoms with Crippen molar-refractivity contribution in [1.29, 1.82) is 0 Å².